The van der Waals surface area contributed by atoms with Gasteiger partial charge in [-0.2, -0.15) is 5.26 Å². The van der Waals surface area contributed by atoms with Crippen molar-refractivity contribution in [2.75, 3.05) is 0 Å². The maximum atomic E-state index is 9.09. The van der Waals surface area contributed by atoms with Gasteiger partial charge in [-0.25, -0.2) is 0 Å². The summed E-state index contributed by atoms with van der Waals surface area (Å²) in [5.41, 5.74) is 1.70. The molecule has 1 saturated carbocycles. The van der Waals surface area contributed by atoms with Crippen LogP contribution < -0.4 is 0 Å². The first kappa shape index (κ1) is 8.25. The normalized spacial score (nSPS) is 18.8. The molecule has 0 aromatic carbocycles. The summed E-state index contributed by atoms with van der Waals surface area (Å²) >= 11 is 0. The van der Waals surface area contributed by atoms with Crippen LogP contribution >= 0.6 is 0 Å². The third kappa shape index (κ3) is 1.21. The Kier molecular flexibility index (Phi) is 1.81. The summed E-state index contributed by atoms with van der Waals surface area (Å²) < 4.78 is 0. The number of aromatic nitrogens is 1. The fourth-order valence-electron chi connectivity index (χ4n) is 1.77. The van der Waals surface area contributed by atoms with E-state index in [1.807, 2.05) is 25.1 Å². The predicted octanol–water partition coefficient (Wildman–Crippen LogP) is 2.34. The zero-order valence-corrected chi connectivity index (χ0v) is 7.75. The maximum Gasteiger partial charge on any atom is 0.0993 e. The van der Waals surface area contributed by atoms with Crippen molar-refractivity contribution in [3.8, 4) is 6.07 Å². The number of pyridine rings is 1. The molecular weight excluding hydrogens is 160 g/mol. The average molecular weight is 172 g/mol. The van der Waals surface area contributed by atoms with Gasteiger partial charge in [-0.3, -0.25) is 4.98 Å². The van der Waals surface area contributed by atoms with Crippen LogP contribution in [-0.4, -0.2) is 4.98 Å². The molecule has 1 heterocycles. The van der Waals surface area contributed by atoms with E-state index in [9.17, 15) is 0 Å². The van der Waals surface area contributed by atoms with Crippen molar-refractivity contribution in [1.82, 2.24) is 4.98 Å². The van der Waals surface area contributed by atoms with Gasteiger partial charge in [0.05, 0.1) is 17.2 Å². The van der Waals surface area contributed by atoms with Crippen molar-refractivity contribution in [2.24, 2.45) is 0 Å². The van der Waals surface area contributed by atoms with Crippen LogP contribution in [-0.2, 0) is 5.41 Å². The molecule has 0 bridgehead atoms. The highest BCUT2D eigenvalue weighted by molar-refractivity contribution is 5.30. The van der Waals surface area contributed by atoms with E-state index in [1.165, 1.54) is 0 Å². The van der Waals surface area contributed by atoms with Crippen LogP contribution in [0, 0.1) is 18.3 Å². The molecule has 2 nitrogen and oxygen atoms in total. The molecule has 0 atom stereocenters. The molecule has 1 aromatic heterocycles. The van der Waals surface area contributed by atoms with Crippen molar-refractivity contribution in [1.29, 1.82) is 5.26 Å². The van der Waals surface area contributed by atoms with Crippen LogP contribution in [0.25, 0.3) is 0 Å². The van der Waals surface area contributed by atoms with Gasteiger partial charge in [0.25, 0.3) is 0 Å². The second-order valence-corrected chi connectivity index (χ2v) is 3.71. The lowest BCUT2D eigenvalue weighted by Crippen LogP contribution is -2.33. The molecule has 1 fully saturated rings. The Labute approximate surface area is 78.2 Å². The summed E-state index contributed by atoms with van der Waals surface area (Å²) in [4.78, 5) is 4.42. The number of hydrogen-bond acceptors (Lipinski definition) is 2. The molecule has 0 aliphatic heterocycles. The quantitative estimate of drug-likeness (QED) is 0.652. The largest absolute Gasteiger partial charge is 0.256 e. The summed E-state index contributed by atoms with van der Waals surface area (Å²) in [6, 6.07) is 8.31. The van der Waals surface area contributed by atoms with E-state index in [-0.39, 0.29) is 5.41 Å². The van der Waals surface area contributed by atoms with Crippen LogP contribution in [0.2, 0.25) is 0 Å². The highest BCUT2D eigenvalue weighted by atomic mass is 14.7. The second-order valence-electron chi connectivity index (χ2n) is 3.71. The minimum atomic E-state index is -0.258. The molecular formula is C11H12N2. The van der Waals surface area contributed by atoms with Gasteiger partial charge in [0.15, 0.2) is 0 Å². The van der Waals surface area contributed by atoms with Crippen molar-refractivity contribution < 1.29 is 0 Å². The first-order valence-corrected chi connectivity index (χ1v) is 4.62. The maximum absolute atomic E-state index is 9.09. The zero-order valence-electron chi connectivity index (χ0n) is 7.75. The summed E-state index contributed by atoms with van der Waals surface area (Å²) in [6.45, 7) is 1.97. The van der Waals surface area contributed by atoms with E-state index in [4.69, 9.17) is 5.26 Å². The summed E-state index contributed by atoms with van der Waals surface area (Å²) in [5.74, 6) is 0. The Morgan fingerprint density at radius 3 is 2.69 bits per heavy atom. The lowest BCUT2D eigenvalue weighted by Gasteiger charge is -2.34. The number of hydrogen-bond donors (Lipinski definition) is 0. The molecule has 1 aromatic rings. The Balaban J connectivity index is 2.40. The van der Waals surface area contributed by atoms with Crippen molar-refractivity contribution >= 4 is 0 Å². The van der Waals surface area contributed by atoms with Gasteiger partial charge in [-0.1, -0.05) is 6.07 Å². The molecule has 1 aliphatic carbocycles. The minimum absolute atomic E-state index is 0.258. The van der Waals surface area contributed by atoms with Gasteiger partial charge in [0.2, 0.25) is 0 Å². The highest BCUT2D eigenvalue weighted by Crippen LogP contribution is 2.42. The van der Waals surface area contributed by atoms with Crippen LogP contribution in [0.3, 0.4) is 0 Å². The Hall–Kier alpha value is -1.36. The molecule has 13 heavy (non-hydrogen) atoms. The molecule has 0 radical (unpaired) electrons. The van der Waals surface area contributed by atoms with E-state index in [0.29, 0.717) is 0 Å². The molecule has 0 amide bonds. The summed E-state index contributed by atoms with van der Waals surface area (Å²) in [7, 11) is 0. The third-order valence-electron chi connectivity index (χ3n) is 2.80. The van der Waals surface area contributed by atoms with Gasteiger partial charge >= 0.3 is 0 Å². The lowest BCUT2D eigenvalue weighted by atomic mass is 9.67. The van der Waals surface area contributed by atoms with Gasteiger partial charge in [-0.05, 0) is 38.3 Å². The van der Waals surface area contributed by atoms with Crippen molar-refractivity contribution in [3.63, 3.8) is 0 Å². The highest BCUT2D eigenvalue weighted by Gasteiger charge is 2.40. The van der Waals surface area contributed by atoms with Crippen LogP contribution in [0.4, 0.5) is 0 Å². The van der Waals surface area contributed by atoms with E-state index in [1.54, 1.807) is 0 Å². The Bertz CT molecular complexity index is 359. The topological polar surface area (TPSA) is 36.7 Å². The molecule has 66 valence electrons. The zero-order chi connectivity index (χ0) is 9.31. The van der Waals surface area contributed by atoms with Crippen molar-refractivity contribution in [3.05, 3.63) is 29.6 Å². The Morgan fingerprint density at radius 1 is 1.46 bits per heavy atom. The number of nitriles is 1. The van der Waals surface area contributed by atoms with Gasteiger partial charge in [0.1, 0.15) is 0 Å². The molecule has 2 rings (SSSR count). The van der Waals surface area contributed by atoms with Gasteiger partial charge in [-0.15, -0.1) is 0 Å². The monoisotopic (exact) mass is 172 g/mol. The summed E-state index contributed by atoms with van der Waals surface area (Å²) in [6.07, 6.45) is 3.10. The fourth-order valence-corrected chi connectivity index (χ4v) is 1.77. The average Bonchev–Trinajstić information content (AvgIpc) is 2.03. The molecule has 2 heteroatoms. The van der Waals surface area contributed by atoms with E-state index in [0.717, 1.165) is 30.7 Å². The summed E-state index contributed by atoms with van der Waals surface area (Å²) in [5, 5.41) is 9.09. The molecule has 0 spiro atoms. The number of aryl methyl sites for hydroxylation is 1. The smallest absolute Gasteiger partial charge is 0.0993 e. The van der Waals surface area contributed by atoms with Crippen LogP contribution in [0.15, 0.2) is 18.2 Å². The second kappa shape index (κ2) is 2.85. The third-order valence-corrected chi connectivity index (χ3v) is 2.80. The molecule has 0 saturated heterocycles. The van der Waals surface area contributed by atoms with Crippen LogP contribution in [0.1, 0.15) is 30.7 Å². The first-order valence-electron chi connectivity index (χ1n) is 4.62. The van der Waals surface area contributed by atoms with Crippen LogP contribution in [0.5, 0.6) is 0 Å². The standard InChI is InChI=1S/C11H12N2/c1-9-4-2-5-10(13-9)11(8-12)6-3-7-11/h2,4-5H,3,6-7H2,1H3. The van der Waals surface area contributed by atoms with Crippen molar-refractivity contribution in [2.45, 2.75) is 31.6 Å². The molecule has 1 aliphatic rings. The lowest BCUT2D eigenvalue weighted by molar-refractivity contribution is 0.315. The van der Waals surface area contributed by atoms with E-state index in [2.05, 4.69) is 11.1 Å². The number of rotatable bonds is 1. The van der Waals surface area contributed by atoms with E-state index >= 15 is 0 Å². The van der Waals surface area contributed by atoms with E-state index < -0.39 is 0 Å². The Morgan fingerprint density at radius 2 is 2.23 bits per heavy atom. The first-order chi connectivity index (χ1) is 6.27. The molecule has 0 unspecified atom stereocenters. The number of nitrogens with zero attached hydrogens (tertiary/aromatic N) is 2. The van der Waals surface area contributed by atoms with Gasteiger partial charge < -0.3 is 0 Å². The van der Waals surface area contributed by atoms with Gasteiger partial charge in [0, 0.05) is 5.69 Å². The molecule has 0 N–H and O–H groups in total. The minimum Gasteiger partial charge on any atom is -0.256 e. The fraction of sp³-hybridized carbons (Fsp3) is 0.455. The predicted molar refractivity (Wildman–Crippen MR) is 50.1 cm³/mol. The SMILES string of the molecule is Cc1cccc(C2(C#N)CCC2)n1.